The van der Waals surface area contributed by atoms with Crippen molar-refractivity contribution in [2.75, 3.05) is 4.90 Å². The Bertz CT molecular complexity index is 2600. The minimum absolute atomic E-state index is 0.0695. The van der Waals surface area contributed by atoms with E-state index >= 15 is 0 Å². The number of hydrogen-bond acceptors (Lipinski definition) is 1. The van der Waals surface area contributed by atoms with Crippen LogP contribution in [0, 0.1) is 0 Å². The summed E-state index contributed by atoms with van der Waals surface area (Å²) in [5.41, 5.74) is 17.8. The summed E-state index contributed by atoms with van der Waals surface area (Å²) in [5.74, 6) is 0. The zero-order chi connectivity index (χ0) is 33.8. The SMILES string of the molecule is CC1(C)c2ccccc2-c2ccc(N(c3ccccc3)c3ccc4c(c3)C(C)(C)c3cc(-n5c6ccccc6c6ccccc65)ccc3-4)cc21. The third-order valence-corrected chi connectivity index (χ3v) is 11.6. The van der Waals surface area contributed by atoms with E-state index in [0.29, 0.717) is 0 Å². The van der Waals surface area contributed by atoms with E-state index in [1.807, 2.05) is 0 Å². The molecule has 8 aromatic rings. The smallest absolute Gasteiger partial charge is 0.0541 e. The summed E-state index contributed by atoms with van der Waals surface area (Å²) < 4.78 is 2.43. The van der Waals surface area contributed by atoms with Crippen molar-refractivity contribution in [3.8, 4) is 27.9 Å². The Balaban J connectivity index is 1.11. The van der Waals surface area contributed by atoms with Crippen molar-refractivity contribution in [2.45, 2.75) is 38.5 Å². The first-order chi connectivity index (χ1) is 24.3. The van der Waals surface area contributed by atoms with Crippen molar-refractivity contribution in [3.05, 3.63) is 180 Å². The summed E-state index contributed by atoms with van der Waals surface area (Å²) in [7, 11) is 0. The van der Waals surface area contributed by atoms with Crippen LogP contribution in [0.2, 0.25) is 0 Å². The predicted molar refractivity (Wildman–Crippen MR) is 211 cm³/mol. The van der Waals surface area contributed by atoms with Gasteiger partial charge in [-0.1, -0.05) is 125 Å². The number of benzene rings is 7. The minimum atomic E-state index is -0.181. The number of fused-ring (bicyclic) bond motifs is 9. The molecule has 0 atom stereocenters. The van der Waals surface area contributed by atoms with Crippen LogP contribution in [0.3, 0.4) is 0 Å². The molecule has 10 rings (SSSR count). The summed E-state index contributed by atoms with van der Waals surface area (Å²) in [4.78, 5) is 2.43. The molecule has 0 radical (unpaired) electrons. The largest absolute Gasteiger partial charge is 0.310 e. The zero-order valence-corrected chi connectivity index (χ0v) is 28.9. The number of anilines is 3. The van der Waals surface area contributed by atoms with Crippen molar-refractivity contribution in [1.29, 1.82) is 0 Å². The van der Waals surface area contributed by atoms with Gasteiger partial charge in [0.2, 0.25) is 0 Å². The quantitative estimate of drug-likeness (QED) is 0.185. The molecular formula is C48H38N2. The maximum atomic E-state index is 2.44. The highest BCUT2D eigenvalue weighted by molar-refractivity contribution is 6.09. The molecule has 0 bridgehead atoms. The standard InChI is InChI=1S/C48H38N2/c1-47(2)41-19-11-8-16-35(41)36-25-22-32(28-42(36)47)49(31-14-6-5-7-15-31)33-23-26-37-38-27-24-34(30-44(38)48(3,4)43(37)29-33)50-45-20-12-9-17-39(45)40-18-10-13-21-46(40)50/h5-30H,1-4H3. The average Bonchev–Trinajstić information content (AvgIpc) is 3.69. The number of hydrogen-bond donors (Lipinski definition) is 0. The van der Waals surface area contributed by atoms with Crippen LogP contribution in [-0.2, 0) is 10.8 Å². The summed E-state index contributed by atoms with van der Waals surface area (Å²) in [6.07, 6.45) is 0. The van der Waals surface area contributed by atoms with Crippen LogP contribution in [0.4, 0.5) is 17.1 Å². The lowest BCUT2D eigenvalue weighted by molar-refractivity contribution is 0.659. The van der Waals surface area contributed by atoms with Gasteiger partial charge in [-0.05, 0) is 105 Å². The fourth-order valence-corrected chi connectivity index (χ4v) is 9.05. The van der Waals surface area contributed by atoms with Crippen molar-refractivity contribution < 1.29 is 0 Å². The lowest BCUT2D eigenvalue weighted by Crippen LogP contribution is -2.18. The topological polar surface area (TPSA) is 8.17 Å². The van der Waals surface area contributed by atoms with E-state index in [1.54, 1.807) is 0 Å². The summed E-state index contributed by atoms with van der Waals surface area (Å²) in [5, 5.41) is 2.58. The molecule has 2 aliphatic carbocycles. The number of aromatic nitrogens is 1. The Morgan fingerprint density at radius 2 is 0.840 bits per heavy atom. The normalized spacial score (nSPS) is 14.7. The third-order valence-electron chi connectivity index (χ3n) is 11.6. The van der Waals surface area contributed by atoms with Crippen molar-refractivity contribution >= 4 is 38.9 Å². The Hall–Kier alpha value is -5.86. The Morgan fingerprint density at radius 3 is 1.46 bits per heavy atom. The van der Waals surface area contributed by atoms with Gasteiger partial charge in [-0.3, -0.25) is 0 Å². The molecule has 1 heterocycles. The van der Waals surface area contributed by atoms with Crippen LogP contribution in [0.15, 0.2) is 158 Å². The molecule has 0 fully saturated rings. The van der Waals surface area contributed by atoms with Gasteiger partial charge in [-0.25, -0.2) is 0 Å². The second-order valence-corrected chi connectivity index (χ2v) is 15.0. The van der Waals surface area contributed by atoms with E-state index in [2.05, 4.69) is 195 Å². The van der Waals surface area contributed by atoms with Gasteiger partial charge in [0.15, 0.2) is 0 Å². The highest BCUT2D eigenvalue weighted by Crippen LogP contribution is 2.53. The predicted octanol–water partition coefficient (Wildman–Crippen LogP) is 12.9. The Labute approximate surface area is 293 Å². The highest BCUT2D eigenvalue weighted by Gasteiger charge is 2.38. The van der Waals surface area contributed by atoms with Crippen molar-refractivity contribution in [3.63, 3.8) is 0 Å². The van der Waals surface area contributed by atoms with Gasteiger partial charge in [0.25, 0.3) is 0 Å². The molecule has 0 unspecified atom stereocenters. The molecule has 2 heteroatoms. The van der Waals surface area contributed by atoms with Gasteiger partial charge in [0.1, 0.15) is 0 Å². The van der Waals surface area contributed by atoms with Gasteiger partial charge in [-0.15, -0.1) is 0 Å². The Morgan fingerprint density at radius 1 is 0.380 bits per heavy atom. The lowest BCUT2D eigenvalue weighted by Gasteiger charge is -2.29. The van der Waals surface area contributed by atoms with Gasteiger partial charge in [-0.2, -0.15) is 0 Å². The van der Waals surface area contributed by atoms with Crippen molar-refractivity contribution in [2.24, 2.45) is 0 Å². The lowest BCUT2D eigenvalue weighted by atomic mass is 9.82. The maximum Gasteiger partial charge on any atom is 0.0541 e. The molecule has 0 N–H and O–H groups in total. The van der Waals surface area contributed by atoms with E-state index < -0.39 is 0 Å². The van der Waals surface area contributed by atoms with E-state index in [1.165, 1.54) is 83.4 Å². The first-order valence-electron chi connectivity index (χ1n) is 17.7. The average molecular weight is 643 g/mol. The summed E-state index contributed by atoms with van der Waals surface area (Å²) in [6, 6.07) is 58.5. The van der Waals surface area contributed by atoms with E-state index in [0.717, 1.165) is 5.69 Å². The fourth-order valence-electron chi connectivity index (χ4n) is 9.05. The molecule has 1 aromatic heterocycles. The first kappa shape index (κ1) is 29.1. The van der Waals surface area contributed by atoms with E-state index in [4.69, 9.17) is 0 Å². The van der Waals surface area contributed by atoms with Crippen LogP contribution in [0.5, 0.6) is 0 Å². The molecule has 240 valence electrons. The molecular weight excluding hydrogens is 605 g/mol. The molecule has 2 aliphatic rings. The molecule has 0 saturated heterocycles. The van der Waals surface area contributed by atoms with E-state index in [-0.39, 0.29) is 10.8 Å². The summed E-state index contributed by atoms with van der Waals surface area (Å²) >= 11 is 0. The van der Waals surface area contributed by atoms with Gasteiger partial charge >= 0.3 is 0 Å². The second-order valence-electron chi connectivity index (χ2n) is 15.0. The van der Waals surface area contributed by atoms with Gasteiger partial charge in [0, 0.05) is 44.4 Å². The molecule has 0 aliphatic heterocycles. The monoisotopic (exact) mass is 642 g/mol. The van der Waals surface area contributed by atoms with Crippen LogP contribution in [0.1, 0.15) is 49.9 Å². The van der Waals surface area contributed by atoms with E-state index in [9.17, 15) is 0 Å². The van der Waals surface area contributed by atoms with Gasteiger partial charge < -0.3 is 9.47 Å². The zero-order valence-electron chi connectivity index (χ0n) is 28.9. The summed E-state index contributed by atoms with van der Waals surface area (Å²) in [6.45, 7) is 9.49. The third kappa shape index (κ3) is 3.96. The molecule has 0 saturated carbocycles. The molecule has 7 aromatic carbocycles. The number of nitrogens with zero attached hydrogens (tertiary/aromatic N) is 2. The Kier molecular flexibility index (Phi) is 6.01. The molecule has 0 amide bonds. The molecule has 2 nitrogen and oxygen atoms in total. The first-order valence-corrected chi connectivity index (χ1v) is 17.7. The van der Waals surface area contributed by atoms with Crippen LogP contribution in [0.25, 0.3) is 49.7 Å². The van der Waals surface area contributed by atoms with Crippen molar-refractivity contribution in [1.82, 2.24) is 4.57 Å². The molecule has 0 spiro atoms. The van der Waals surface area contributed by atoms with Crippen LogP contribution < -0.4 is 4.90 Å². The van der Waals surface area contributed by atoms with Gasteiger partial charge in [0.05, 0.1) is 11.0 Å². The molecule has 50 heavy (non-hydrogen) atoms. The number of rotatable bonds is 4. The minimum Gasteiger partial charge on any atom is -0.310 e. The van der Waals surface area contributed by atoms with Crippen LogP contribution >= 0.6 is 0 Å². The number of para-hydroxylation sites is 3. The van der Waals surface area contributed by atoms with Crippen LogP contribution in [-0.4, -0.2) is 4.57 Å². The fraction of sp³-hybridized carbons (Fsp3) is 0.125. The maximum absolute atomic E-state index is 2.44. The second kappa shape index (κ2) is 10.3. The highest BCUT2D eigenvalue weighted by atomic mass is 15.1.